The maximum Gasteiger partial charge on any atom is 0.282 e. The van der Waals surface area contributed by atoms with Crippen LogP contribution in [-0.4, -0.2) is 33.5 Å². The molecule has 30 heavy (non-hydrogen) atoms. The summed E-state index contributed by atoms with van der Waals surface area (Å²) in [5.41, 5.74) is 0.394. The van der Waals surface area contributed by atoms with Crippen molar-refractivity contribution < 1.29 is 14.5 Å². The van der Waals surface area contributed by atoms with Crippen molar-refractivity contribution in [1.82, 2.24) is 10.2 Å². The van der Waals surface area contributed by atoms with Gasteiger partial charge in [0.1, 0.15) is 10.6 Å². The first-order valence-electron chi connectivity index (χ1n) is 8.86. The number of hydrogen-bond acceptors (Lipinski definition) is 7. The molecule has 3 aromatic rings. The lowest BCUT2D eigenvalue weighted by Crippen LogP contribution is -2.24. The normalized spacial score (nSPS) is 16.0. The SMILES string of the molecule is O=C(Nc1nnc(C2CC(=O)N(c3ccc(Cl)cc3)C2)s1)c1ccccc1[N+](=O)[O-]. The third-order valence-electron chi connectivity index (χ3n) is 4.62. The van der Waals surface area contributed by atoms with Crippen molar-refractivity contribution >= 4 is 51.3 Å². The Bertz CT molecular complexity index is 1130. The molecule has 1 aliphatic rings. The molecule has 152 valence electrons. The van der Waals surface area contributed by atoms with Crippen molar-refractivity contribution in [1.29, 1.82) is 0 Å². The minimum absolute atomic E-state index is 0.0389. The molecule has 2 aromatic carbocycles. The highest BCUT2D eigenvalue weighted by molar-refractivity contribution is 7.15. The Morgan fingerprint density at radius 2 is 1.93 bits per heavy atom. The van der Waals surface area contributed by atoms with Gasteiger partial charge >= 0.3 is 0 Å². The number of benzene rings is 2. The van der Waals surface area contributed by atoms with E-state index in [1.54, 1.807) is 35.2 Å². The summed E-state index contributed by atoms with van der Waals surface area (Å²) in [5.74, 6) is -0.847. The first kappa shape index (κ1) is 19.9. The van der Waals surface area contributed by atoms with Crippen molar-refractivity contribution in [3.8, 4) is 0 Å². The fourth-order valence-corrected chi connectivity index (χ4v) is 4.14. The summed E-state index contributed by atoms with van der Waals surface area (Å²) in [6.45, 7) is 0.438. The summed E-state index contributed by atoms with van der Waals surface area (Å²) in [4.78, 5) is 37.0. The molecule has 4 rings (SSSR count). The first-order valence-corrected chi connectivity index (χ1v) is 10.1. The molecule has 0 saturated carbocycles. The molecule has 0 spiro atoms. The number of rotatable bonds is 5. The van der Waals surface area contributed by atoms with Crippen LogP contribution in [0.2, 0.25) is 5.02 Å². The summed E-state index contributed by atoms with van der Waals surface area (Å²) in [6.07, 6.45) is 0.273. The molecule has 2 amide bonds. The van der Waals surface area contributed by atoms with Gasteiger partial charge in [-0.15, -0.1) is 10.2 Å². The summed E-state index contributed by atoms with van der Waals surface area (Å²) >= 11 is 7.05. The number of nitrogens with zero attached hydrogens (tertiary/aromatic N) is 4. The number of nitro benzene ring substituents is 1. The number of carbonyl (C=O) groups excluding carboxylic acids is 2. The molecule has 0 bridgehead atoms. The van der Waals surface area contributed by atoms with Crippen LogP contribution < -0.4 is 10.2 Å². The highest BCUT2D eigenvalue weighted by atomic mass is 35.5. The predicted molar refractivity (Wildman–Crippen MR) is 112 cm³/mol. The first-order chi connectivity index (χ1) is 14.4. The Balaban J connectivity index is 1.47. The van der Waals surface area contributed by atoms with Crippen LogP contribution in [0.5, 0.6) is 0 Å². The molecule has 1 aliphatic heterocycles. The number of nitrogens with one attached hydrogen (secondary N) is 1. The topological polar surface area (TPSA) is 118 Å². The van der Waals surface area contributed by atoms with Crippen LogP contribution in [0.15, 0.2) is 48.5 Å². The van der Waals surface area contributed by atoms with Gasteiger partial charge in [-0.05, 0) is 30.3 Å². The molecular formula is C19H14ClN5O4S. The number of nitro groups is 1. The smallest absolute Gasteiger partial charge is 0.282 e. The molecule has 9 nitrogen and oxygen atoms in total. The van der Waals surface area contributed by atoms with Crippen LogP contribution >= 0.6 is 22.9 Å². The third-order valence-corrected chi connectivity index (χ3v) is 5.87. The van der Waals surface area contributed by atoms with E-state index in [4.69, 9.17) is 11.6 Å². The zero-order valence-electron chi connectivity index (χ0n) is 15.3. The molecular weight excluding hydrogens is 430 g/mol. The summed E-state index contributed by atoms with van der Waals surface area (Å²) < 4.78 is 0. The van der Waals surface area contributed by atoms with Gasteiger partial charge in [-0.2, -0.15) is 0 Å². The number of carbonyl (C=O) groups is 2. The monoisotopic (exact) mass is 443 g/mol. The summed E-state index contributed by atoms with van der Waals surface area (Å²) in [6, 6.07) is 12.7. The van der Waals surface area contributed by atoms with Gasteiger partial charge in [0.25, 0.3) is 11.6 Å². The minimum Gasteiger partial charge on any atom is -0.312 e. The molecule has 0 radical (unpaired) electrons. The van der Waals surface area contributed by atoms with Gasteiger partial charge < -0.3 is 4.90 Å². The molecule has 1 fully saturated rings. The zero-order chi connectivity index (χ0) is 21.3. The van der Waals surface area contributed by atoms with Crippen LogP contribution in [0.25, 0.3) is 0 Å². The maximum absolute atomic E-state index is 12.4. The molecule has 1 unspecified atom stereocenters. The number of aromatic nitrogens is 2. The quantitative estimate of drug-likeness (QED) is 0.472. The largest absolute Gasteiger partial charge is 0.312 e. The van der Waals surface area contributed by atoms with E-state index < -0.39 is 10.8 Å². The van der Waals surface area contributed by atoms with E-state index >= 15 is 0 Å². The lowest BCUT2D eigenvalue weighted by Gasteiger charge is -2.16. The van der Waals surface area contributed by atoms with Gasteiger partial charge in [0.05, 0.1) is 4.92 Å². The van der Waals surface area contributed by atoms with Gasteiger partial charge in [-0.3, -0.25) is 25.0 Å². The van der Waals surface area contributed by atoms with E-state index in [0.717, 1.165) is 17.0 Å². The zero-order valence-corrected chi connectivity index (χ0v) is 16.9. The van der Waals surface area contributed by atoms with Crippen molar-refractivity contribution in [2.24, 2.45) is 0 Å². The van der Waals surface area contributed by atoms with Crippen molar-refractivity contribution in [2.45, 2.75) is 12.3 Å². The Kier molecular flexibility index (Phi) is 5.42. The van der Waals surface area contributed by atoms with E-state index in [-0.39, 0.29) is 34.6 Å². The van der Waals surface area contributed by atoms with Gasteiger partial charge in [0, 0.05) is 35.7 Å². The fraction of sp³-hybridized carbons (Fsp3) is 0.158. The van der Waals surface area contributed by atoms with Crippen LogP contribution in [0, 0.1) is 10.1 Å². The highest BCUT2D eigenvalue weighted by Crippen LogP contribution is 2.34. The Labute approximate surface area is 179 Å². The summed E-state index contributed by atoms with van der Waals surface area (Å²) in [7, 11) is 0. The molecule has 1 atom stereocenters. The molecule has 2 heterocycles. The van der Waals surface area contributed by atoms with E-state index in [1.165, 1.54) is 18.2 Å². The molecule has 0 aliphatic carbocycles. The van der Waals surface area contributed by atoms with E-state index in [2.05, 4.69) is 15.5 Å². The Morgan fingerprint density at radius 1 is 1.20 bits per heavy atom. The predicted octanol–water partition coefficient (Wildman–Crippen LogP) is 3.87. The van der Waals surface area contributed by atoms with Gasteiger partial charge in [-0.25, -0.2) is 0 Å². The number of hydrogen-bond donors (Lipinski definition) is 1. The van der Waals surface area contributed by atoms with Crippen molar-refractivity contribution in [3.63, 3.8) is 0 Å². The Hall–Kier alpha value is -3.37. The fourth-order valence-electron chi connectivity index (χ4n) is 3.18. The van der Waals surface area contributed by atoms with E-state index in [0.29, 0.717) is 16.6 Å². The second-order valence-electron chi connectivity index (χ2n) is 6.56. The van der Waals surface area contributed by atoms with Crippen LogP contribution in [0.3, 0.4) is 0 Å². The molecule has 1 saturated heterocycles. The van der Waals surface area contributed by atoms with Crippen LogP contribution in [0.4, 0.5) is 16.5 Å². The van der Waals surface area contributed by atoms with Crippen LogP contribution in [0.1, 0.15) is 27.7 Å². The average molecular weight is 444 g/mol. The van der Waals surface area contributed by atoms with Gasteiger partial charge in [0.15, 0.2) is 0 Å². The van der Waals surface area contributed by atoms with Crippen molar-refractivity contribution in [3.05, 3.63) is 74.2 Å². The molecule has 1 aromatic heterocycles. The minimum atomic E-state index is -0.643. The number of amides is 2. The van der Waals surface area contributed by atoms with E-state index in [9.17, 15) is 19.7 Å². The lowest BCUT2D eigenvalue weighted by atomic mass is 10.1. The van der Waals surface area contributed by atoms with Gasteiger partial charge in [-0.1, -0.05) is 35.1 Å². The third kappa shape index (κ3) is 4.00. The Morgan fingerprint density at radius 3 is 2.67 bits per heavy atom. The lowest BCUT2D eigenvalue weighted by molar-refractivity contribution is -0.385. The highest BCUT2D eigenvalue weighted by Gasteiger charge is 2.34. The summed E-state index contributed by atoms with van der Waals surface area (Å²) in [5, 5.41) is 23.1. The average Bonchev–Trinajstić information content (AvgIpc) is 3.35. The van der Waals surface area contributed by atoms with Crippen LogP contribution in [-0.2, 0) is 4.79 Å². The van der Waals surface area contributed by atoms with E-state index in [1.807, 2.05) is 0 Å². The molecule has 11 heteroatoms. The second-order valence-corrected chi connectivity index (χ2v) is 8.00. The maximum atomic E-state index is 12.4. The second kappa shape index (κ2) is 8.17. The number of para-hydroxylation sites is 1. The molecule has 1 N–H and O–H groups in total. The van der Waals surface area contributed by atoms with Gasteiger partial charge in [0.2, 0.25) is 11.0 Å². The van der Waals surface area contributed by atoms with Crippen molar-refractivity contribution in [2.75, 3.05) is 16.8 Å². The number of halogens is 1. The number of anilines is 2. The standard InChI is InChI=1S/C19H14ClN5O4S/c20-12-5-7-13(8-6-12)24-10-11(9-16(24)26)18-22-23-19(30-18)21-17(27)14-3-1-2-4-15(14)25(28)29/h1-8,11H,9-10H2,(H,21,23,27).